The van der Waals surface area contributed by atoms with Crippen molar-refractivity contribution in [3.63, 3.8) is 0 Å². The first-order valence-electron chi connectivity index (χ1n) is 7.99. The van der Waals surface area contributed by atoms with E-state index in [1.165, 1.54) is 13.8 Å². The van der Waals surface area contributed by atoms with E-state index in [-0.39, 0.29) is 11.7 Å². The summed E-state index contributed by atoms with van der Waals surface area (Å²) in [5.41, 5.74) is -1.07. The maximum atomic E-state index is 11.6. The van der Waals surface area contributed by atoms with Crippen LogP contribution >= 0.6 is 11.8 Å². The van der Waals surface area contributed by atoms with Gasteiger partial charge in [0, 0.05) is 34.6 Å². The van der Waals surface area contributed by atoms with Gasteiger partial charge in [-0.25, -0.2) is 0 Å². The Kier molecular flexibility index (Phi) is 8.70. The van der Waals surface area contributed by atoms with Crippen LogP contribution in [0.25, 0.3) is 0 Å². The van der Waals surface area contributed by atoms with Gasteiger partial charge in [0.1, 0.15) is 12.7 Å². The van der Waals surface area contributed by atoms with Gasteiger partial charge in [-0.1, -0.05) is 11.8 Å². The van der Waals surface area contributed by atoms with Gasteiger partial charge in [0.2, 0.25) is 0 Å². The number of hydrogen-bond donors (Lipinski definition) is 0. The van der Waals surface area contributed by atoms with Crippen molar-refractivity contribution in [3.05, 3.63) is 0 Å². The third kappa shape index (κ3) is 7.55. The maximum absolute atomic E-state index is 11.6. The molecule has 0 aromatic rings. The Bertz CT molecular complexity index is 604. The Morgan fingerprint density at radius 2 is 1.22 bits per heavy atom. The van der Waals surface area contributed by atoms with E-state index in [0.29, 0.717) is 11.8 Å². The molecule has 0 saturated carbocycles. The van der Waals surface area contributed by atoms with Crippen LogP contribution in [0.1, 0.15) is 34.6 Å². The lowest BCUT2D eigenvalue weighted by atomic mass is 9.99. The van der Waals surface area contributed by atoms with Gasteiger partial charge in [-0.05, 0) is 0 Å². The van der Waals surface area contributed by atoms with Crippen LogP contribution in [-0.4, -0.2) is 65.5 Å². The van der Waals surface area contributed by atoms with Crippen molar-refractivity contribution in [1.29, 1.82) is 0 Å². The second kappa shape index (κ2) is 10.3. The predicted molar refractivity (Wildman–Crippen MR) is 90.2 cm³/mol. The quantitative estimate of drug-likeness (QED) is 0.447. The third-order valence-electron chi connectivity index (χ3n) is 3.23. The van der Waals surface area contributed by atoms with E-state index in [9.17, 15) is 24.0 Å². The molecule has 1 rings (SSSR count). The Labute approximate surface area is 160 Å². The summed E-state index contributed by atoms with van der Waals surface area (Å²) in [7, 11) is 0. The first kappa shape index (κ1) is 22.9. The van der Waals surface area contributed by atoms with Gasteiger partial charge in [-0.3, -0.25) is 24.0 Å². The van der Waals surface area contributed by atoms with Crippen LogP contribution in [0.4, 0.5) is 0 Å². The summed E-state index contributed by atoms with van der Waals surface area (Å²) < 4.78 is 26.2. The van der Waals surface area contributed by atoms with Crippen LogP contribution in [0.3, 0.4) is 0 Å². The van der Waals surface area contributed by atoms with Crippen molar-refractivity contribution in [1.82, 2.24) is 0 Å². The minimum absolute atomic E-state index is 0.327. The Morgan fingerprint density at radius 3 is 1.67 bits per heavy atom. The van der Waals surface area contributed by atoms with Gasteiger partial charge >= 0.3 is 23.9 Å². The number of carbonyl (C=O) groups is 5. The van der Waals surface area contributed by atoms with E-state index in [1.54, 1.807) is 0 Å². The van der Waals surface area contributed by atoms with Crippen LogP contribution < -0.4 is 0 Å². The summed E-state index contributed by atoms with van der Waals surface area (Å²) >= 11 is 0.705. The van der Waals surface area contributed by atoms with E-state index in [0.717, 1.165) is 20.8 Å². The van der Waals surface area contributed by atoms with E-state index in [1.807, 2.05) is 0 Å². The normalized spacial score (nSPS) is 27.2. The molecule has 10 nitrogen and oxygen atoms in total. The number of esters is 4. The first-order chi connectivity index (χ1) is 12.5. The van der Waals surface area contributed by atoms with Gasteiger partial charge in [0.25, 0.3) is 0 Å². The standard InChI is InChI=1S/C16H22O10S/c1-7(17)22-6-12-13(23-8(2)18)14(24-9(3)19)15(25-10(4)20)16(26-12)27-11(5)21/h12-16H,6H2,1-5H3/t12-,13+,14+,15-,16?/m1/s1. The molecule has 1 aliphatic heterocycles. The SMILES string of the molecule is CC(=O)OC[C@H]1OC(SC(C)=O)[C@H](OC(C)=O)[C@@H](OC(C)=O)[C@H]1OC(C)=O. The van der Waals surface area contributed by atoms with Crippen molar-refractivity contribution in [2.45, 2.75) is 64.5 Å². The lowest BCUT2D eigenvalue weighted by molar-refractivity contribution is -0.237. The molecular formula is C16H22O10S. The fraction of sp³-hybridized carbons (Fsp3) is 0.688. The first-order valence-corrected chi connectivity index (χ1v) is 8.87. The van der Waals surface area contributed by atoms with E-state index < -0.39 is 53.7 Å². The molecular weight excluding hydrogens is 384 g/mol. The van der Waals surface area contributed by atoms with Gasteiger partial charge in [-0.15, -0.1) is 0 Å². The molecule has 0 radical (unpaired) electrons. The molecule has 0 spiro atoms. The lowest BCUT2D eigenvalue weighted by Gasteiger charge is -2.43. The van der Waals surface area contributed by atoms with E-state index >= 15 is 0 Å². The molecule has 1 aliphatic rings. The molecule has 0 N–H and O–H groups in total. The van der Waals surface area contributed by atoms with E-state index in [4.69, 9.17) is 23.7 Å². The fourth-order valence-electron chi connectivity index (χ4n) is 2.45. The Balaban J connectivity index is 3.29. The average Bonchev–Trinajstić information content (AvgIpc) is 2.49. The summed E-state index contributed by atoms with van der Waals surface area (Å²) in [6, 6.07) is 0. The molecule has 1 heterocycles. The largest absolute Gasteiger partial charge is 0.463 e. The van der Waals surface area contributed by atoms with Gasteiger partial charge in [-0.2, -0.15) is 0 Å². The monoisotopic (exact) mass is 406 g/mol. The summed E-state index contributed by atoms with van der Waals surface area (Å²) in [6.45, 7) is 5.51. The zero-order chi connectivity index (χ0) is 20.7. The highest BCUT2D eigenvalue weighted by Crippen LogP contribution is 2.34. The van der Waals surface area contributed by atoms with Crippen molar-refractivity contribution in [2.75, 3.05) is 6.61 Å². The van der Waals surface area contributed by atoms with Gasteiger partial charge < -0.3 is 23.7 Å². The average molecular weight is 406 g/mol. The molecule has 0 aromatic heterocycles. The number of carbonyl (C=O) groups excluding carboxylic acids is 5. The molecule has 5 atom stereocenters. The minimum Gasteiger partial charge on any atom is -0.463 e. The molecule has 1 unspecified atom stereocenters. The van der Waals surface area contributed by atoms with Crippen molar-refractivity contribution in [3.8, 4) is 0 Å². The van der Waals surface area contributed by atoms with Gasteiger partial charge in [0.05, 0.1) is 0 Å². The highest BCUT2D eigenvalue weighted by Gasteiger charge is 2.52. The van der Waals surface area contributed by atoms with E-state index in [2.05, 4.69) is 0 Å². The molecule has 0 bridgehead atoms. The van der Waals surface area contributed by atoms with Crippen LogP contribution in [0.5, 0.6) is 0 Å². The molecule has 1 saturated heterocycles. The number of thioether (sulfide) groups is 1. The molecule has 11 heteroatoms. The molecule has 0 aliphatic carbocycles. The van der Waals surface area contributed by atoms with Crippen LogP contribution in [0.15, 0.2) is 0 Å². The topological polar surface area (TPSA) is 132 Å². The summed E-state index contributed by atoms with van der Waals surface area (Å²) in [6.07, 6.45) is -4.76. The molecule has 0 amide bonds. The van der Waals surface area contributed by atoms with Crippen molar-refractivity contribution >= 4 is 40.8 Å². The Morgan fingerprint density at radius 1 is 0.741 bits per heavy atom. The second-order valence-corrected chi connectivity index (χ2v) is 6.95. The zero-order valence-corrected chi connectivity index (χ0v) is 16.4. The zero-order valence-electron chi connectivity index (χ0n) is 15.6. The number of ether oxygens (including phenoxy) is 5. The third-order valence-corrected chi connectivity index (χ3v) is 4.17. The molecule has 27 heavy (non-hydrogen) atoms. The maximum Gasteiger partial charge on any atom is 0.303 e. The van der Waals surface area contributed by atoms with Crippen LogP contribution in [0, 0.1) is 0 Å². The number of rotatable bonds is 6. The number of hydrogen-bond acceptors (Lipinski definition) is 11. The van der Waals surface area contributed by atoms with Gasteiger partial charge in [0.15, 0.2) is 28.9 Å². The summed E-state index contributed by atoms with van der Waals surface area (Å²) in [5, 5.41) is -0.351. The summed E-state index contributed by atoms with van der Waals surface area (Å²) in [4.78, 5) is 57.3. The molecule has 0 aromatic carbocycles. The predicted octanol–water partition coefficient (Wildman–Crippen LogP) is 0.349. The van der Waals surface area contributed by atoms with Crippen LogP contribution in [0.2, 0.25) is 0 Å². The Hall–Kier alpha value is -2.14. The molecule has 152 valence electrons. The summed E-state index contributed by atoms with van der Waals surface area (Å²) in [5.74, 6) is -2.76. The second-order valence-electron chi connectivity index (χ2n) is 5.68. The van der Waals surface area contributed by atoms with Crippen LogP contribution in [-0.2, 0) is 47.7 Å². The highest BCUT2D eigenvalue weighted by molar-refractivity contribution is 8.14. The lowest BCUT2D eigenvalue weighted by Crippen LogP contribution is -2.61. The smallest absolute Gasteiger partial charge is 0.303 e. The highest BCUT2D eigenvalue weighted by atomic mass is 32.2. The fourth-order valence-corrected chi connectivity index (χ4v) is 3.32. The molecule has 1 fully saturated rings. The van der Waals surface area contributed by atoms with Crippen molar-refractivity contribution < 1.29 is 47.7 Å². The minimum atomic E-state index is -1.26. The van der Waals surface area contributed by atoms with Crippen molar-refractivity contribution in [2.24, 2.45) is 0 Å².